The largest absolute Gasteiger partial charge is 0.493 e. The van der Waals surface area contributed by atoms with Crippen molar-refractivity contribution in [1.82, 2.24) is 4.90 Å². The van der Waals surface area contributed by atoms with Gasteiger partial charge in [-0.15, -0.1) is 0 Å². The van der Waals surface area contributed by atoms with E-state index in [0.29, 0.717) is 6.54 Å². The number of carbonyl (C=O) groups excluding carboxylic acids is 1. The van der Waals surface area contributed by atoms with E-state index in [1.54, 1.807) is 19.1 Å². The van der Waals surface area contributed by atoms with Gasteiger partial charge in [0.2, 0.25) is 0 Å². The molecule has 1 atom stereocenters. The lowest BCUT2D eigenvalue weighted by atomic mass is 9.90. The van der Waals surface area contributed by atoms with Crippen LogP contribution in [0.4, 0.5) is 4.79 Å². The highest BCUT2D eigenvalue weighted by Gasteiger charge is 2.28. The first-order chi connectivity index (χ1) is 10.8. The average Bonchev–Trinajstić information content (AvgIpc) is 2.52. The van der Waals surface area contributed by atoms with Gasteiger partial charge in [-0.1, -0.05) is 6.07 Å². The highest BCUT2D eigenvalue weighted by Crippen LogP contribution is 2.34. The Morgan fingerprint density at radius 1 is 1.17 bits per heavy atom. The molecular weight excluding hydrogens is 294 g/mol. The van der Waals surface area contributed by atoms with Crippen LogP contribution in [0.1, 0.15) is 45.1 Å². The predicted octanol–water partition coefficient (Wildman–Crippen LogP) is 3.82. The van der Waals surface area contributed by atoms with Gasteiger partial charge in [-0.2, -0.15) is 0 Å². The zero-order valence-corrected chi connectivity index (χ0v) is 14.7. The Labute approximate surface area is 138 Å². The normalized spacial score (nSPS) is 18.5. The van der Waals surface area contributed by atoms with E-state index >= 15 is 0 Å². The highest BCUT2D eigenvalue weighted by atomic mass is 16.6. The van der Waals surface area contributed by atoms with Crippen LogP contribution < -0.4 is 9.47 Å². The van der Waals surface area contributed by atoms with Gasteiger partial charge in [-0.05, 0) is 51.3 Å². The Morgan fingerprint density at radius 3 is 2.48 bits per heavy atom. The Kier molecular flexibility index (Phi) is 5.39. The summed E-state index contributed by atoms with van der Waals surface area (Å²) in [6.07, 6.45) is 1.79. The summed E-state index contributed by atoms with van der Waals surface area (Å²) in [5.41, 5.74) is 0.698. The number of carbonyl (C=O) groups is 1. The van der Waals surface area contributed by atoms with E-state index in [4.69, 9.17) is 14.2 Å². The second-order valence-electron chi connectivity index (χ2n) is 6.88. The Hall–Kier alpha value is -1.91. The van der Waals surface area contributed by atoms with Crippen LogP contribution in [0.25, 0.3) is 0 Å². The minimum atomic E-state index is -0.465. The maximum Gasteiger partial charge on any atom is 0.410 e. The molecule has 0 aliphatic carbocycles. The van der Waals surface area contributed by atoms with Crippen LogP contribution >= 0.6 is 0 Å². The Morgan fingerprint density at radius 2 is 1.87 bits per heavy atom. The molecule has 0 spiro atoms. The van der Waals surface area contributed by atoms with Crippen molar-refractivity contribution in [3.8, 4) is 11.5 Å². The maximum atomic E-state index is 12.3. The fraction of sp³-hybridized carbons (Fsp3) is 0.611. The third-order valence-corrected chi connectivity index (χ3v) is 3.95. The lowest BCUT2D eigenvalue weighted by Crippen LogP contribution is -2.42. The number of likely N-dealkylation sites (tertiary alicyclic amines) is 1. The van der Waals surface area contributed by atoms with Gasteiger partial charge in [-0.25, -0.2) is 4.79 Å². The number of hydrogen-bond donors (Lipinski definition) is 0. The molecule has 1 aliphatic heterocycles. The van der Waals surface area contributed by atoms with Crippen molar-refractivity contribution in [3.05, 3.63) is 23.8 Å². The van der Waals surface area contributed by atoms with Crippen LogP contribution in [-0.4, -0.2) is 43.9 Å². The molecule has 5 heteroatoms. The van der Waals surface area contributed by atoms with Crippen molar-refractivity contribution in [2.24, 2.45) is 0 Å². The molecule has 23 heavy (non-hydrogen) atoms. The van der Waals surface area contributed by atoms with Gasteiger partial charge < -0.3 is 19.1 Å². The summed E-state index contributed by atoms with van der Waals surface area (Å²) < 4.78 is 16.1. The SMILES string of the molecule is COc1ccc(C2CCCN(C(=O)OC(C)(C)C)C2)cc1OC. The predicted molar refractivity (Wildman–Crippen MR) is 89.3 cm³/mol. The molecule has 1 fully saturated rings. The summed E-state index contributed by atoms with van der Waals surface area (Å²) in [5, 5.41) is 0. The fourth-order valence-corrected chi connectivity index (χ4v) is 2.85. The number of hydrogen-bond acceptors (Lipinski definition) is 4. The van der Waals surface area contributed by atoms with Gasteiger partial charge >= 0.3 is 6.09 Å². The van der Waals surface area contributed by atoms with Crippen LogP contribution in [0, 0.1) is 0 Å². The standard InChI is InChI=1S/C18H27NO4/c1-18(2,3)23-17(20)19-10-6-7-14(12-19)13-8-9-15(21-4)16(11-13)22-5/h8-9,11,14H,6-7,10,12H2,1-5H3. The molecular formula is C18H27NO4. The van der Waals surface area contributed by atoms with Gasteiger partial charge in [-0.3, -0.25) is 0 Å². The summed E-state index contributed by atoms with van der Waals surface area (Å²) in [7, 11) is 3.26. The molecule has 1 amide bonds. The van der Waals surface area contributed by atoms with Crippen molar-refractivity contribution in [2.45, 2.75) is 45.1 Å². The fourth-order valence-electron chi connectivity index (χ4n) is 2.85. The molecule has 1 aromatic rings. The molecule has 0 bridgehead atoms. The van der Waals surface area contributed by atoms with Gasteiger partial charge in [0.05, 0.1) is 14.2 Å². The van der Waals surface area contributed by atoms with Crippen LogP contribution in [0.2, 0.25) is 0 Å². The number of ether oxygens (including phenoxy) is 3. The average molecular weight is 321 g/mol. The van der Waals surface area contributed by atoms with E-state index in [-0.39, 0.29) is 12.0 Å². The van der Waals surface area contributed by atoms with Crippen LogP contribution in [0.15, 0.2) is 18.2 Å². The highest BCUT2D eigenvalue weighted by molar-refractivity contribution is 5.68. The zero-order valence-electron chi connectivity index (χ0n) is 14.7. The molecule has 1 aliphatic rings. The van der Waals surface area contributed by atoms with E-state index < -0.39 is 5.60 Å². The molecule has 1 unspecified atom stereocenters. The number of rotatable bonds is 3. The van der Waals surface area contributed by atoms with Crippen LogP contribution in [-0.2, 0) is 4.74 Å². The first-order valence-electron chi connectivity index (χ1n) is 8.04. The summed E-state index contributed by atoms with van der Waals surface area (Å²) in [6.45, 7) is 7.09. The number of piperidine rings is 1. The molecule has 0 aromatic heterocycles. The topological polar surface area (TPSA) is 48.0 Å². The van der Waals surface area contributed by atoms with Gasteiger partial charge in [0, 0.05) is 19.0 Å². The minimum absolute atomic E-state index is 0.234. The Bertz CT molecular complexity index is 550. The van der Waals surface area contributed by atoms with Gasteiger partial charge in [0.25, 0.3) is 0 Å². The van der Waals surface area contributed by atoms with Crippen LogP contribution in [0.3, 0.4) is 0 Å². The van der Waals surface area contributed by atoms with Crippen molar-refractivity contribution in [2.75, 3.05) is 27.3 Å². The van der Waals surface area contributed by atoms with E-state index in [1.165, 1.54) is 0 Å². The van der Waals surface area contributed by atoms with Gasteiger partial charge in [0.15, 0.2) is 11.5 Å². The third kappa shape index (κ3) is 4.53. The molecule has 128 valence electrons. The molecule has 1 saturated heterocycles. The molecule has 0 N–H and O–H groups in total. The molecule has 1 aromatic carbocycles. The van der Waals surface area contributed by atoms with Gasteiger partial charge in [0.1, 0.15) is 5.60 Å². The maximum absolute atomic E-state index is 12.3. The number of methoxy groups -OCH3 is 2. The van der Waals surface area contributed by atoms with Crippen molar-refractivity contribution in [3.63, 3.8) is 0 Å². The smallest absolute Gasteiger partial charge is 0.410 e. The molecule has 0 radical (unpaired) electrons. The third-order valence-electron chi connectivity index (χ3n) is 3.95. The minimum Gasteiger partial charge on any atom is -0.493 e. The molecule has 1 heterocycles. The zero-order chi connectivity index (χ0) is 17.0. The Balaban J connectivity index is 2.10. The molecule has 5 nitrogen and oxygen atoms in total. The lowest BCUT2D eigenvalue weighted by molar-refractivity contribution is 0.0198. The van der Waals surface area contributed by atoms with E-state index in [0.717, 1.165) is 36.4 Å². The first kappa shape index (κ1) is 17.4. The quantitative estimate of drug-likeness (QED) is 0.849. The second-order valence-corrected chi connectivity index (χ2v) is 6.88. The van der Waals surface area contributed by atoms with Crippen molar-refractivity contribution in [1.29, 1.82) is 0 Å². The lowest BCUT2D eigenvalue weighted by Gasteiger charge is -2.34. The van der Waals surface area contributed by atoms with E-state index in [9.17, 15) is 4.79 Å². The summed E-state index contributed by atoms with van der Waals surface area (Å²) >= 11 is 0. The van der Waals surface area contributed by atoms with Crippen molar-refractivity contribution < 1.29 is 19.0 Å². The number of nitrogens with zero attached hydrogens (tertiary/aromatic N) is 1. The van der Waals surface area contributed by atoms with E-state index in [2.05, 4.69) is 0 Å². The number of benzene rings is 1. The molecule has 2 rings (SSSR count). The second kappa shape index (κ2) is 7.11. The van der Waals surface area contributed by atoms with E-state index in [1.807, 2.05) is 39.0 Å². The first-order valence-corrected chi connectivity index (χ1v) is 8.04. The van der Waals surface area contributed by atoms with Crippen molar-refractivity contribution >= 4 is 6.09 Å². The summed E-state index contributed by atoms with van der Waals surface area (Å²) in [5.74, 6) is 1.73. The summed E-state index contributed by atoms with van der Waals surface area (Å²) in [6, 6.07) is 5.97. The van der Waals surface area contributed by atoms with Crippen LogP contribution in [0.5, 0.6) is 11.5 Å². The monoisotopic (exact) mass is 321 g/mol. The summed E-state index contributed by atoms with van der Waals surface area (Å²) in [4.78, 5) is 14.1. The molecule has 0 saturated carbocycles. The number of amides is 1.